The summed E-state index contributed by atoms with van der Waals surface area (Å²) in [7, 11) is 1.41. The first-order valence-electron chi connectivity index (χ1n) is 9.80. The van der Waals surface area contributed by atoms with Crippen LogP contribution in [0.15, 0.2) is 27.8 Å². The number of ether oxygens (including phenoxy) is 1. The number of carbonyl (C=O) groups excluding carboxylic acids is 3. The van der Waals surface area contributed by atoms with E-state index < -0.39 is 23.5 Å². The van der Waals surface area contributed by atoms with Crippen molar-refractivity contribution < 1.29 is 19.1 Å². The SMILES string of the molecule is CNC(=O)C(=O)N[C@@H](C)CN1CCC2(CC1)OC(=O)NN=C2c1ccc(C#N)cc1Br. The van der Waals surface area contributed by atoms with Gasteiger partial charge in [0.05, 0.1) is 11.6 Å². The minimum absolute atomic E-state index is 0.227. The second kappa shape index (κ2) is 9.45. The van der Waals surface area contributed by atoms with Crippen molar-refractivity contribution >= 4 is 39.5 Å². The van der Waals surface area contributed by atoms with E-state index in [1.807, 2.05) is 6.92 Å². The topological polar surface area (TPSA) is 136 Å². The van der Waals surface area contributed by atoms with Crippen LogP contribution in [-0.4, -0.2) is 66.8 Å². The van der Waals surface area contributed by atoms with Gasteiger partial charge in [-0.3, -0.25) is 9.59 Å². The van der Waals surface area contributed by atoms with Crippen molar-refractivity contribution in [2.75, 3.05) is 26.7 Å². The number of hydrazone groups is 1. The van der Waals surface area contributed by atoms with Gasteiger partial charge in [-0.05, 0) is 19.1 Å². The molecule has 0 radical (unpaired) electrons. The van der Waals surface area contributed by atoms with Crippen LogP contribution >= 0.6 is 15.9 Å². The van der Waals surface area contributed by atoms with Gasteiger partial charge < -0.3 is 20.3 Å². The smallest absolute Gasteiger partial charge is 0.428 e. The number of hydrogen-bond donors (Lipinski definition) is 3. The van der Waals surface area contributed by atoms with Crippen molar-refractivity contribution in [1.29, 1.82) is 5.26 Å². The number of likely N-dealkylation sites (tertiary alicyclic amines) is 1. The molecule has 31 heavy (non-hydrogen) atoms. The summed E-state index contributed by atoms with van der Waals surface area (Å²) < 4.78 is 6.43. The molecule has 1 aromatic carbocycles. The molecule has 3 rings (SSSR count). The van der Waals surface area contributed by atoms with Crippen LogP contribution in [-0.2, 0) is 14.3 Å². The van der Waals surface area contributed by atoms with E-state index in [9.17, 15) is 14.4 Å². The van der Waals surface area contributed by atoms with Crippen LogP contribution in [0, 0.1) is 11.3 Å². The van der Waals surface area contributed by atoms with Gasteiger partial charge in [0.15, 0.2) is 5.60 Å². The number of rotatable bonds is 4. The number of halogens is 1. The molecule has 1 saturated heterocycles. The van der Waals surface area contributed by atoms with E-state index in [1.54, 1.807) is 18.2 Å². The maximum absolute atomic E-state index is 12.0. The van der Waals surface area contributed by atoms with Crippen LogP contribution in [0.25, 0.3) is 0 Å². The first-order valence-corrected chi connectivity index (χ1v) is 10.6. The Morgan fingerprint density at radius 2 is 2.10 bits per heavy atom. The maximum Gasteiger partial charge on any atom is 0.428 e. The standard InChI is InChI=1S/C20H23BrN6O4/c1-12(24-18(29)17(28)23-2)11-27-7-5-20(6-8-27)16(25-26-19(30)31-20)14-4-3-13(10-22)9-15(14)21/h3-4,9,12H,5-8,11H2,1-2H3,(H,23,28)(H,24,29)(H,26,30)/t12-/m0/s1. The fraction of sp³-hybridized carbons (Fsp3) is 0.450. The van der Waals surface area contributed by atoms with Crippen molar-refractivity contribution in [3.8, 4) is 6.07 Å². The van der Waals surface area contributed by atoms with Crippen molar-refractivity contribution in [2.24, 2.45) is 5.10 Å². The normalized spacial score (nSPS) is 18.8. The number of benzene rings is 1. The highest BCUT2D eigenvalue weighted by molar-refractivity contribution is 9.10. The lowest BCUT2D eigenvalue weighted by molar-refractivity contribution is -0.139. The first-order chi connectivity index (χ1) is 14.8. The summed E-state index contributed by atoms with van der Waals surface area (Å²) in [4.78, 5) is 37.2. The Morgan fingerprint density at radius 3 is 2.71 bits per heavy atom. The average molecular weight is 491 g/mol. The molecule has 3 N–H and O–H groups in total. The quantitative estimate of drug-likeness (QED) is 0.535. The number of nitriles is 1. The second-order valence-electron chi connectivity index (χ2n) is 7.52. The Bertz CT molecular complexity index is 965. The lowest BCUT2D eigenvalue weighted by Crippen LogP contribution is -2.57. The molecule has 0 aromatic heterocycles. The van der Waals surface area contributed by atoms with E-state index in [1.165, 1.54) is 7.05 Å². The lowest BCUT2D eigenvalue weighted by Gasteiger charge is -2.43. The zero-order valence-corrected chi connectivity index (χ0v) is 18.8. The average Bonchev–Trinajstić information content (AvgIpc) is 2.75. The predicted octanol–water partition coefficient (Wildman–Crippen LogP) is 0.850. The first kappa shape index (κ1) is 22.7. The van der Waals surface area contributed by atoms with Gasteiger partial charge in [0.1, 0.15) is 5.71 Å². The molecule has 11 heteroatoms. The highest BCUT2D eigenvalue weighted by atomic mass is 79.9. The van der Waals surface area contributed by atoms with Crippen LogP contribution in [0.3, 0.4) is 0 Å². The van der Waals surface area contributed by atoms with E-state index in [4.69, 9.17) is 10.00 Å². The molecule has 0 aliphatic carbocycles. The minimum Gasteiger partial charge on any atom is -0.435 e. The molecule has 1 atom stereocenters. The van der Waals surface area contributed by atoms with Gasteiger partial charge in [-0.25, -0.2) is 10.2 Å². The second-order valence-corrected chi connectivity index (χ2v) is 8.37. The Hall–Kier alpha value is -2.97. The van der Waals surface area contributed by atoms with E-state index in [0.717, 1.165) is 5.56 Å². The molecular formula is C20H23BrN6O4. The van der Waals surface area contributed by atoms with Gasteiger partial charge in [0, 0.05) is 55.6 Å². The number of amides is 3. The minimum atomic E-state index is -0.885. The number of piperidine rings is 1. The van der Waals surface area contributed by atoms with E-state index in [2.05, 4.69) is 48.1 Å². The molecule has 1 aromatic rings. The number of likely N-dealkylation sites (N-methyl/N-ethyl adjacent to an activating group) is 1. The maximum atomic E-state index is 12.0. The Labute approximate surface area is 188 Å². The Kier molecular flexibility index (Phi) is 6.92. The van der Waals surface area contributed by atoms with Gasteiger partial charge >= 0.3 is 17.9 Å². The fourth-order valence-electron chi connectivity index (χ4n) is 3.81. The summed E-state index contributed by atoms with van der Waals surface area (Å²) in [5.41, 5.74) is 3.35. The molecule has 2 heterocycles. The van der Waals surface area contributed by atoms with Crippen molar-refractivity contribution in [3.05, 3.63) is 33.8 Å². The lowest BCUT2D eigenvalue weighted by atomic mass is 9.82. The van der Waals surface area contributed by atoms with Crippen molar-refractivity contribution in [3.63, 3.8) is 0 Å². The third kappa shape index (κ3) is 5.03. The van der Waals surface area contributed by atoms with Crippen LogP contribution in [0.5, 0.6) is 0 Å². The number of hydrogen-bond acceptors (Lipinski definition) is 7. The summed E-state index contributed by atoms with van der Waals surface area (Å²) in [6, 6.07) is 7.04. The summed E-state index contributed by atoms with van der Waals surface area (Å²) in [5.74, 6) is -1.35. The van der Waals surface area contributed by atoms with Crippen LogP contribution < -0.4 is 16.1 Å². The highest BCUT2D eigenvalue weighted by Crippen LogP contribution is 2.35. The Morgan fingerprint density at radius 1 is 1.39 bits per heavy atom. The van der Waals surface area contributed by atoms with Gasteiger partial charge in [-0.15, -0.1) is 0 Å². The van der Waals surface area contributed by atoms with Gasteiger partial charge in [-0.2, -0.15) is 10.4 Å². The summed E-state index contributed by atoms with van der Waals surface area (Å²) in [6.45, 7) is 3.61. The molecule has 0 bridgehead atoms. The van der Waals surface area contributed by atoms with Gasteiger partial charge in [0.2, 0.25) is 0 Å². The van der Waals surface area contributed by atoms with E-state index in [0.29, 0.717) is 48.2 Å². The fourth-order valence-corrected chi connectivity index (χ4v) is 4.37. The van der Waals surface area contributed by atoms with Crippen LogP contribution in [0.4, 0.5) is 4.79 Å². The predicted molar refractivity (Wildman–Crippen MR) is 115 cm³/mol. The molecule has 2 aliphatic rings. The molecule has 0 unspecified atom stereocenters. The monoisotopic (exact) mass is 490 g/mol. The van der Waals surface area contributed by atoms with Gasteiger partial charge in [0.25, 0.3) is 0 Å². The zero-order chi connectivity index (χ0) is 22.6. The van der Waals surface area contributed by atoms with Crippen LogP contribution in [0.1, 0.15) is 30.9 Å². The third-order valence-corrected chi connectivity index (χ3v) is 5.99. The molecule has 0 saturated carbocycles. The van der Waals surface area contributed by atoms with Crippen LogP contribution in [0.2, 0.25) is 0 Å². The summed E-state index contributed by atoms with van der Waals surface area (Å²) >= 11 is 3.49. The highest BCUT2D eigenvalue weighted by Gasteiger charge is 2.46. The number of nitrogens with one attached hydrogen (secondary N) is 3. The molecule has 164 valence electrons. The van der Waals surface area contributed by atoms with Crippen molar-refractivity contribution in [1.82, 2.24) is 21.0 Å². The summed E-state index contributed by atoms with van der Waals surface area (Å²) in [5, 5.41) is 18.4. The molecular weight excluding hydrogens is 468 g/mol. The molecule has 2 aliphatic heterocycles. The molecule has 1 spiro atoms. The largest absolute Gasteiger partial charge is 0.435 e. The summed E-state index contributed by atoms with van der Waals surface area (Å²) in [6.07, 6.45) is 0.428. The molecule has 3 amide bonds. The number of carbonyl (C=O) groups is 3. The molecule has 10 nitrogen and oxygen atoms in total. The zero-order valence-electron chi connectivity index (χ0n) is 17.2. The van der Waals surface area contributed by atoms with E-state index in [-0.39, 0.29) is 6.04 Å². The van der Waals surface area contributed by atoms with Gasteiger partial charge in [-0.1, -0.05) is 22.0 Å². The third-order valence-electron chi connectivity index (χ3n) is 5.34. The van der Waals surface area contributed by atoms with Crippen molar-refractivity contribution in [2.45, 2.75) is 31.4 Å². The Balaban J connectivity index is 1.71. The molecule has 1 fully saturated rings. The number of nitrogens with zero attached hydrogens (tertiary/aromatic N) is 3. The van der Waals surface area contributed by atoms with E-state index >= 15 is 0 Å².